The van der Waals surface area contributed by atoms with Gasteiger partial charge in [0.1, 0.15) is 0 Å². The van der Waals surface area contributed by atoms with Crippen LogP contribution in [0.15, 0.2) is 23.0 Å². The van der Waals surface area contributed by atoms with E-state index in [1.54, 1.807) is 0 Å². The molecule has 1 aromatic carbocycles. The summed E-state index contributed by atoms with van der Waals surface area (Å²) in [5, 5.41) is 0.819. The van der Waals surface area contributed by atoms with Gasteiger partial charge in [0, 0.05) is 3.57 Å². The van der Waals surface area contributed by atoms with Gasteiger partial charge in [0.15, 0.2) is 0 Å². The van der Waals surface area contributed by atoms with Crippen molar-refractivity contribution in [3.8, 4) is 5.88 Å². The lowest BCUT2D eigenvalue weighted by Crippen LogP contribution is -2.11. The molecule has 0 atom stereocenters. The Bertz CT molecular complexity index is 536. The van der Waals surface area contributed by atoms with Gasteiger partial charge in [-0.2, -0.15) is 4.98 Å². The third-order valence-corrected chi connectivity index (χ3v) is 2.52. The molecule has 0 unspecified atom stereocenters. The summed E-state index contributed by atoms with van der Waals surface area (Å²) >= 11 is 2.19. The monoisotopic (exact) mass is 302 g/mol. The number of hydrogen-bond donors (Lipinski definition) is 1. The van der Waals surface area contributed by atoms with E-state index in [9.17, 15) is 4.79 Å². The molecule has 4 nitrogen and oxygen atoms in total. The number of halogens is 1. The van der Waals surface area contributed by atoms with E-state index in [1.807, 2.05) is 18.2 Å². The second-order valence-electron chi connectivity index (χ2n) is 2.74. The highest BCUT2D eigenvalue weighted by atomic mass is 127. The van der Waals surface area contributed by atoms with E-state index in [4.69, 9.17) is 4.74 Å². The first-order chi connectivity index (χ1) is 6.70. The number of methoxy groups -OCH3 is 1. The van der Waals surface area contributed by atoms with Crippen LogP contribution in [0.2, 0.25) is 0 Å². The lowest BCUT2D eigenvalue weighted by atomic mass is 10.2. The number of nitrogens with zero attached hydrogens (tertiary/aromatic N) is 1. The molecule has 1 N–H and O–H groups in total. The molecule has 1 heterocycles. The Balaban J connectivity index is 2.88. The molecule has 72 valence electrons. The summed E-state index contributed by atoms with van der Waals surface area (Å²) in [7, 11) is 1.50. The van der Waals surface area contributed by atoms with Gasteiger partial charge in [0.05, 0.1) is 18.0 Å². The fourth-order valence-corrected chi connectivity index (χ4v) is 1.74. The maximum atomic E-state index is 11.1. The summed E-state index contributed by atoms with van der Waals surface area (Å²) in [6, 6.07) is 5.67. The maximum absolute atomic E-state index is 11.1. The van der Waals surface area contributed by atoms with E-state index in [2.05, 4.69) is 32.6 Å². The molecule has 0 aliphatic rings. The summed E-state index contributed by atoms with van der Waals surface area (Å²) in [6.07, 6.45) is 0. The SMILES string of the molecule is COc1nc(=O)[nH]c2ccc(I)cc12. The van der Waals surface area contributed by atoms with E-state index in [-0.39, 0.29) is 0 Å². The Morgan fingerprint density at radius 1 is 1.50 bits per heavy atom. The second kappa shape index (κ2) is 3.56. The van der Waals surface area contributed by atoms with Gasteiger partial charge in [-0.15, -0.1) is 0 Å². The van der Waals surface area contributed by atoms with Crippen molar-refractivity contribution in [2.45, 2.75) is 0 Å². The van der Waals surface area contributed by atoms with Crippen LogP contribution >= 0.6 is 22.6 Å². The first-order valence-electron chi connectivity index (χ1n) is 3.94. The van der Waals surface area contributed by atoms with Crippen molar-refractivity contribution in [1.82, 2.24) is 9.97 Å². The van der Waals surface area contributed by atoms with Crippen LogP contribution in [0.4, 0.5) is 0 Å². The lowest BCUT2D eigenvalue weighted by Gasteiger charge is -2.03. The summed E-state index contributed by atoms with van der Waals surface area (Å²) in [6.45, 7) is 0. The third kappa shape index (κ3) is 1.59. The van der Waals surface area contributed by atoms with Crippen molar-refractivity contribution >= 4 is 33.5 Å². The molecule has 1 aromatic heterocycles. The number of nitrogens with one attached hydrogen (secondary N) is 1. The van der Waals surface area contributed by atoms with Gasteiger partial charge in [0.25, 0.3) is 0 Å². The minimum atomic E-state index is -0.393. The summed E-state index contributed by atoms with van der Waals surface area (Å²) in [5.41, 5.74) is 0.345. The topological polar surface area (TPSA) is 55.0 Å². The highest BCUT2D eigenvalue weighted by Crippen LogP contribution is 2.21. The lowest BCUT2D eigenvalue weighted by molar-refractivity contribution is 0.401. The van der Waals surface area contributed by atoms with Gasteiger partial charge < -0.3 is 9.72 Å². The van der Waals surface area contributed by atoms with E-state index >= 15 is 0 Å². The predicted octanol–water partition coefficient (Wildman–Crippen LogP) is 1.54. The van der Waals surface area contributed by atoms with Gasteiger partial charge in [-0.1, -0.05) is 0 Å². The van der Waals surface area contributed by atoms with Gasteiger partial charge in [0.2, 0.25) is 5.88 Å². The van der Waals surface area contributed by atoms with Crippen molar-refractivity contribution in [2.75, 3.05) is 7.11 Å². The first kappa shape index (κ1) is 9.45. The molecular formula is C9H7IN2O2. The Hall–Kier alpha value is -1.11. The van der Waals surface area contributed by atoms with E-state index in [0.29, 0.717) is 5.88 Å². The highest BCUT2D eigenvalue weighted by Gasteiger charge is 2.04. The Morgan fingerprint density at radius 2 is 2.29 bits per heavy atom. The number of hydrogen-bond acceptors (Lipinski definition) is 3. The minimum Gasteiger partial charge on any atom is -0.480 e. The first-order valence-corrected chi connectivity index (χ1v) is 5.02. The average molecular weight is 302 g/mol. The van der Waals surface area contributed by atoms with E-state index < -0.39 is 5.69 Å². The molecule has 2 rings (SSSR count). The van der Waals surface area contributed by atoms with Gasteiger partial charge in [-0.05, 0) is 40.8 Å². The van der Waals surface area contributed by atoms with Crippen molar-refractivity contribution < 1.29 is 4.74 Å². The van der Waals surface area contributed by atoms with Crippen LogP contribution in [0.5, 0.6) is 5.88 Å². The maximum Gasteiger partial charge on any atom is 0.348 e. The summed E-state index contributed by atoms with van der Waals surface area (Å²) < 4.78 is 6.10. The van der Waals surface area contributed by atoms with Gasteiger partial charge in [-0.25, -0.2) is 4.79 Å². The van der Waals surface area contributed by atoms with Crippen LogP contribution in [0.25, 0.3) is 10.9 Å². The Kier molecular flexibility index (Phi) is 2.40. The average Bonchev–Trinajstić information content (AvgIpc) is 2.17. The second-order valence-corrected chi connectivity index (χ2v) is 3.99. The van der Waals surface area contributed by atoms with Crippen molar-refractivity contribution in [2.24, 2.45) is 0 Å². The van der Waals surface area contributed by atoms with Crippen molar-refractivity contribution in [3.63, 3.8) is 0 Å². The van der Waals surface area contributed by atoms with E-state index in [1.165, 1.54) is 7.11 Å². The minimum absolute atomic E-state index is 0.363. The number of rotatable bonds is 1. The largest absolute Gasteiger partial charge is 0.480 e. The van der Waals surface area contributed by atoms with Crippen LogP contribution in [0, 0.1) is 3.57 Å². The molecule has 0 saturated carbocycles. The molecule has 0 aliphatic carbocycles. The zero-order chi connectivity index (χ0) is 10.1. The van der Waals surface area contributed by atoms with Crippen LogP contribution in [0.3, 0.4) is 0 Å². The molecule has 0 spiro atoms. The third-order valence-electron chi connectivity index (χ3n) is 1.85. The summed E-state index contributed by atoms with van der Waals surface area (Å²) in [5.74, 6) is 0.363. The predicted molar refractivity (Wildman–Crippen MR) is 61.6 cm³/mol. The van der Waals surface area contributed by atoms with Crippen LogP contribution in [0.1, 0.15) is 0 Å². The highest BCUT2D eigenvalue weighted by molar-refractivity contribution is 14.1. The van der Waals surface area contributed by atoms with Crippen LogP contribution in [-0.2, 0) is 0 Å². The number of H-pyrrole nitrogens is 1. The van der Waals surface area contributed by atoms with Gasteiger partial charge >= 0.3 is 5.69 Å². The van der Waals surface area contributed by atoms with Gasteiger partial charge in [-0.3, -0.25) is 0 Å². The molecule has 0 fully saturated rings. The van der Waals surface area contributed by atoms with E-state index in [0.717, 1.165) is 14.5 Å². The molecule has 5 heteroatoms. The van der Waals surface area contributed by atoms with Crippen molar-refractivity contribution in [1.29, 1.82) is 0 Å². The smallest absolute Gasteiger partial charge is 0.348 e. The Labute approximate surface area is 93.5 Å². The van der Waals surface area contributed by atoms with Crippen LogP contribution in [-0.4, -0.2) is 17.1 Å². The van der Waals surface area contributed by atoms with Crippen molar-refractivity contribution in [3.05, 3.63) is 32.3 Å². The quantitative estimate of drug-likeness (QED) is 0.813. The standard InChI is InChI=1S/C9H7IN2O2/c1-14-8-6-4-5(10)2-3-7(6)11-9(13)12-8/h2-4H,1H3,(H,11,12,13). The molecule has 14 heavy (non-hydrogen) atoms. The number of aromatic nitrogens is 2. The zero-order valence-corrected chi connectivity index (χ0v) is 9.53. The zero-order valence-electron chi connectivity index (χ0n) is 7.37. The fraction of sp³-hybridized carbons (Fsp3) is 0.111. The van der Waals surface area contributed by atoms with Crippen LogP contribution < -0.4 is 10.4 Å². The molecule has 0 amide bonds. The molecule has 0 radical (unpaired) electrons. The Morgan fingerprint density at radius 3 is 3.00 bits per heavy atom. The molecule has 0 aliphatic heterocycles. The number of fused-ring (bicyclic) bond motifs is 1. The number of benzene rings is 1. The normalized spacial score (nSPS) is 10.4. The molecule has 0 saturated heterocycles. The summed E-state index contributed by atoms with van der Waals surface area (Å²) in [4.78, 5) is 17.5. The molecule has 0 bridgehead atoms. The molecule has 2 aromatic rings. The number of ether oxygens (including phenoxy) is 1. The number of aromatic amines is 1. The fourth-order valence-electron chi connectivity index (χ4n) is 1.25. The molecular weight excluding hydrogens is 295 g/mol.